The summed E-state index contributed by atoms with van der Waals surface area (Å²) < 4.78 is 32.9. The fourth-order valence-electron chi connectivity index (χ4n) is 5.41. The summed E-state index contributed by atoms with van der Waals surface area (Å²) in [4.78, 5) is 24.7. The minimum Gasteiger partial charge on any atom is -0.477 e. The van der Waals surface area contributed by atoms with Gasteiger partial charge in [-0.1, -0.05) is 111 Å². The molecule has 2 unspecified atom stereocenters. The molecule has 3 N–H and O–H groups in total. The molecule has 0 rings (SSSR count). The molecule has 2 atom stereocenters. The Labute approximate surface area is 227 Å². The predicted octanol–water partition coefficient (Wildman–Crippen LogP) is 5.81. The number of hydrogen-bond donors (Lipinski definition) is 3. The third-order valence-corrected chi connectivity index (χ3v) is 8.09. The smallest absolute Gasteiger partial charge is 0.363 e. The summed E-state index contributed by atoms with van der Waals surface area (Å²) in [6, 6.07) is -2.03. The van der Waals surface area contributed by atoms with Gasteiger partial charge in [-0.05, 0) is 6.42 Å². The van der Waals surface area contributed by atoms with Crippen LogP contribution < -0.4 is 5.32 Å². The molecule has 1 amide bonds. The maximum absolute atomic E-state index is 12.6. The molecular weight excluding hydrogens is 492 g/mol. The van der Waals surface area contributed by atoms with Gasteiger partial charge < -0.3 is 14.9 Å². The average Bonchev–Trinajstić information content (AvgIpc) is 2.73. The van der Waals surface area contributed by atoms with Crippen molar-refractivity contribution in [2.45, 2.75) is 136 Å². The molecule has 0 radical (unpaired) electrons. The molecule has 8 nitrogen and oxygen atoms in total. The zero-order valence-corrected chi connectivity index (χ0v) is 25.4. The first-order chi connectivity index (χ1) is 17.1. The summed E-state index contributed by atoms with van der Waals surface area (Å²) in [5, 5.41) is 12.6. The summed E-state index contributed by atoms with van der Waals surface area (Å²) in [5.41, 5.74) is -1.13. The van der Waals surface area contributed by atoms with E-state index in [0.29, 0.717) is 6.42 Å². The topological polar surface area (TPSA) is 121 Å². The van der Waals surface area contributed by atoms with Crippen LogP contribution in [0.2, 0.25) is 0 Å². The lowest BCUT2D eigenvalue weighted by atomic mass is 9.76. The number of hydrogen-bond acceptors (Lipinski definition) is 4. The number of carboxylic acids is 1. The second-order valence-electron chi connectivity index (χ2n) is 12.2. The van der Waals surface area contributed by atoms with Gasteiger partial charge in [-0.15, -0.1) is 0 Å². The van der Waals surface area contributed by atoms with E-state index in [1.54, 1.807) is 35.0 Å². The molecule has 0 aromatic heterocycles. The van der Waals surface area contributed by atoms with Gasteiger partial charge >= 0.3 is 5.97 Å². The van der Waals surface area contributed by atoms with E-state index in [9.17, 15) is 27.7 Å². The van der Waals surface area contributed by atoms with Crippen molar-refractivity contribution in [2.75, 3.05) is 26.9 Å². The Morgan fingerprint density at radius 1 is 0.784 bits per heavy atom. The van der Waals surface area contributed by atoms with Gasteiger partial charge in [-0.3, -0.25) is 9.35 Å². The van der Waals surface area contributed by atoms with Crippen LogP contribution in [0.25, 0.3) is 0 Å². The van der Waals surface area contributed by atoms with Crippen molar-refractivity contribution >= 4 is 22.0 Å². The molecule has 37 heavy (non-hydrogen) atoms. The largest absolute Gasteiger partial charge is 0.477 e. The number of nitrogens with one attached hydrogen (secondary N) is 1. The van der Waals surface area contributed by atoms with Crippen LogP contribution in [0, 0.1) is 5.41 Å². The van der Waals surface area contributed by atoms with E-state index < -0.39 is 39.3 Å². The highest BCUT2D eigenvalue weighted by Gasteiger charge is 2.51. The van der Waals surface area contributed by atoms with Gasteiger partial charge in [0.25, 0.3) is 10.1 Å². The van der Waals surface area contributed by atoms with Gasteiger partial charge in [0.1, 0.15) is 0 Å². The molecule has 0 saturated carbocycles. The van der Waals surface area contributed by atoms with E-state index in [1.807, 2.05) is 0 Å². The number of unbranched alkanes of at least 4 members (excludes halogenated alkanes) is 14. The first kappa shape index (κ1) is 35.8. The van der Waals surface area contributed by atoms with E-state index in [-0.39, 0.29) is 16.8 Å². The summed E-state index contributed by atoms with van der Waals surface area (Å²) in [6.45, 7) is 5.50. The van der Waals surface area contributed by atoms with Crippen LogP contribution in [0.1, 0.15) is 124 Å². The number of likely N-dealkylation sites (N-methyl/N-ethyl adjacent to an activating group) is 1. The Balaban J connectivity index is 4.36. The first-order valence-electron chi connectivity index (χ1n) is 14.4. The molecule has 0 aromatic rings. The predicted molar refractivity (Wildman–Crippen MR) is 151 cm³/mol. The van der Waals surface area contributed by atoms with Crippen molar-refractivity contribution in [1.29, 1.82) is 0 Å². The molecule has 0 spiro atoms. The van der Waals surface area contributed by atoms with E-state index >= 15 is 0 Å². The van der Waals surface area contributed by atoms with Crippen molar-refractivity contribution in [3.05, 3.63) is 0 Å². The van der Waals surface area contributed by atoms with Gasteiger partial charge in [0.15, 0.2) is 6.04 Å². The van der Waals surface area contributed by atoms with E-state index in [1.165, 1.54) is 70.6 Å². The lowest BCUT2D eigenvalue weighted by Crippen LogP contribution is -2.64. The fourth-order valence-corrected chi connectivity index (χ4v) is 6.35. The lowest BCUT2D eigenvalue weighted by Gasteiger charge is -2.44. The number of nitrogens with zero attached hydrogens (tertiary/aromatic N) is 1. The van der Waals surface area contributed by atoms with Gasteiger partial charge in [0, 0.05) is 11.8 Å². The van der Waals surface area contributed by atoms with E-state index in [0.717, 1.165) is 19.3 Å². The maximum Gasteiger partial charge on any atom is 0.363 e. The molecule has 0 bridgehead atoms. The molecule has 0 aliphatic rings. The summed E-state index contributed by atoms with van der Waals surface area (Å²) >= 11 is 0. The molecule has 0 fully saturated rings. The minimum atomic E-state index is -4.42. The zero-order chi connectivity index (χ0) is 28.5. The van der Waals surface area contributed by atoms with Crippen LogP contribution in [0.3, 0.4) is 0 Å². The van der Waals surface area contributed by atoms with Gasteiger partial charge in [0.05, 0.1) is 32.9 Å². The maximum atomic E-state index is 12.6. The molecule has 220 valence electrons. The standard InChI is InChI=1S/C28H56N2O6S/c1-7-8-9-10-11-12-13-14-15-16-17-18-19-20-21-22-25(31)29-24(23-37(34,35)36)28(2,3)26(27(32)33)30(4,5)6/h24,26H,7-23H2,1-6H3,(H2-,29,31,32,33,34,35,36)/p+1. The number of amides is 1. The number of carbonyl (C=O) groups excluding carboxylic acids is 1. The molecule has 9 heteroatoms. The highest BCUT2D eigenvalue weighted by molar-refractivity contribution is 7.85. The molecule has 0 heterocycles. The Kier molecular flexibility index (Phi) is 17.6. The number of carboxylic acid groups (broad SMARTS) is 1. The highest BCUT2D eigenvalue weighted by atomic mass is 32.2. The quantitative estimate of drug-likeness (QED) is 0.0841. The number of rotatable bonds is 23. The minimum absolute atomic E-state index is 0.0409. The molecule has 0 aliphatic heterocycles. The van der Waals surface area contributed by atoms with Crippen LogP contribution in [0.15, 0.2) is 0 Å². The van der Waals surface area contributed by atoms with Crippen molar-refractivity contribution in [3.8, 4) is 0 Å². The Morgan fingerprint density at radius 2 is 1.16 bits per heavy atom. The lowest BCUT2D eigenvalue weighted by molar-refractivity contribution is -0.894. The van der Waals surface area contributed by atoms with Crippen LogP contribution in [0.5, 0.6) is 0 Å². The third kappa shape index (κ3) is 17.1. The molecule has 0 aromatic carbocycles. The molecule has 0 saturated heterocycles. The second-order valence-corrected chi connectivity index (χ2v) is 13.7. The number of aliphatic carboxylic acids is 1. The van der Waals surface area contributed by atoms with E-state index in [2.05, 4.69) is 12.2 Å². The average molecular weight is 550 g/mol. The summed E-state index contributed by atoms with van der Waals surface area (Å²) in [7, 11) is 0.710. The summed E-state index contributed by atoms with van der Waals surface area (Å²) in [6.07, 6.45) is 18.7. The SMILES string of the molecule is CCCCCCCCCCCCCCCCCC(=O)NC(CS(=O)(=O)O)C(C)(C)C(C(=O)O)[N+](C)(C)C. The third-order valence-electron chi connectivity index (χ3n) is 7.33. The summed E-state index contributed by atoms with van der Waals surface area (Å²) in [5.74, 6) is -2.13. The van der Waals surface area contributed by atoms with Crippen molar-refractivity contribution in [3.63, 3.8) is 0 Å². The van der Waals surface area contributed by atoms with Crippen LogP contribution >= 0.6 is 0 Å². The normalized spacial score (nSPS) is 14.4. The zero-order valence-electron chi connectivity index (χ0n) is 24.6. The van der Waals surface area contributed by atoms with Crippen LogP contribution in [-0.4, -0.2) is 73.4 Å². The van der Waals surface area contributed by atoms with Gasteiger partial charge in [-0.25, -0.2) is 4.79 Å². The molecule has 0 aliphatic carbocycles. The number of carbonyl (C=O) groups is 2. The van der Waals surface area contributed by atoms with Crippen molar-refractivity contribution in [2.24, 2.45) is 5.41 Å². The van der Waals surface area contributed by atoms with Gasteiger partial charge in [-0.2, -0.15) is 8.42 Å². The van der Waals surface area contributed by atoms with Crippen molar-refractivity contribution in [1.82, 2.24) is 5.32 Å². The van der Waals surface area contributed by atoms with Crippen LogP contribution in [-0.2, 0) is 19.7 Å². The highest BCUT2D eigenvalue weighted by Crippen LogP contribution is 2.32. The Bertz CT molecular complexity index is 746. The Morgan fingerprint density at radius 3 is 1.49 bits per heavy atom. The van der Waals surface area contributed by atoms with E-state index in [4.69, 9.17) is 0 Å². The number of quaternary nitrogens is 1. The first-order valence-corrected chi connectivity index (χ1v) is 16.0. The monoisotopic (exact) mass is 549 g/mol. The molecular formula is C28H57N2O6S+. The Hall–Kier alpha value is -1.19. The van der Waals surface area contributed by atoms with Crippen molar-refractivity contribution < 1.29 is 32.1 Å². The van der Waals surface area contributed by atoms with Crippen LogP contribution in [0.4, 0.5) is 0 Å². The fraction of sp³-hybridized carbons (Fsp3) is 0.929. The van der Waals surface area contributed by atoms with Gasteiger partial charge in [0.2, 0.25) is 5.91 Å². The second kappa shape index (κ2) is 18.2.